The van der Waals surface area contributed by atoms with Crippen molar-refractivity contribution in [2.75, 3.05) is 13.2 Å². The van der Waals surface area contributed by atoms with E-state index >= 15 is 0 Å². The maximum Gasteiger partial charge on any atom is 0.305 e. The fraction of sp³-hybridized carbons (Fsp3) is 0.409. The van der Waals surface area contributed by atoms with Gasteiger partial charge in [0.25, 0.3) is 0 Å². The Bertz CT molecular complexity index is 667. The maximum absolute atomic E-state index is 11.4. The zero-order chi connectivity index (χ0) is 18.6. The van der Waals surface area contributed by atoms with Crippen LogP contribution in [0.1, 0.15) is 44.2 Å². The molecule has 0 amide bonds. The molecule has 0 saturated heterocycles. The molecular formula is C22H28O4. The first kappa shape index (κ1) is 19.8. The molecule has 0 unspecified atom stereocenters. The third-order valence-electron chi connectivity index (χ3n) is 3.95. The van der Waals surface area contributed by atoms with Gasteiger partial charge in [-0.15, -0.1) is 0 Å². The second-order valence-electron chi connectivity index (χ2n) is 6.00. The van der Waals surface area contributed by atoms with E-state index in [2.05, 4.69) is 6.07 Å². The van der Waals surface area contributed by atoms with Crippen LogP contribution >= 0.6 is 0 Å². The van der Waals surface area contributed by atoms with Crippen LogP contribution < -0.4 is 9.47 Å². The molecule has 0 heterocycles. The molecule has 0 fully saturated rings. The second kappa shape index (κ2) is 11.2. The van der Waals surface area contributed by atoms with Crippen molar-refractivity contribution in [1.82, 2.24) is 0 Å². The smallest absolute Gasteiger partial charge is 0.305 e. The number of hydrogen-bond donors (Lipinski definition) is 0. The standard InChI is InChI=1S/C22H28O4/c1-3-24-21-16-18(10-8-9-13-22(23)25-4-2)14-15-20(21)26-17-19-11-6-5-7-12-19/h5-7,11-12,14-16H,3-4,8-10,13,17H2,1-2H3. The van der Waals surface area contributed by atoms with Crippen molar-refractivity contribution in [2.24, 2.45) is 0 Å². The molecule has 26 heavy (non-hydrogen) atoms. The molecule has 0 radical (unpaired) electrons. The number of rotatable bonds is 11. The van der Waals surface area contributed by atoms with Crippen LogP contribution in [0, 0.1) is 0 Å². The molecule has 2 aromatic carbocycles. The van der Waals surface area contributed by atoms with Crippen LogP contribution in [0.4, 0.5) is 0 Å². The molecule has 2 aromatic rings. The molecule has 0 aliphatic rings. The molecule has 0 aliphatic heterocycles. The summed E-state index contributed by atoms with van der Waals surface area (Å²) in [4.78, 5) is 11.4. The monoisotopic (exact) mass is 356 g/mol. The average Bonchev–Trinajstić information content (AvgIpc) is 2.66. The van der Waals surface area contributed by atoms with Gasteiger partial charge in [-0.2, -0.15) is 0 Å². The summed E-state index contributed by atoms with van der Waals surface area (Å²) in [6, 6.07) is 16.1. The van der Waals surface area contributed by atoms with Gasteiger partial charge in [0.1, 0.15) is 6.61 Å². The van der Waals surface area contributed by atoms with Crippen molar-refractivity contribution < 1.29 is 19.0 Å². The summed E-state index contributed by atoms with van der Waals surface area (Å²) >= 11 is 0. The van der Waals surface area contributed by atoms with Crippen molar-refractivity contribution in [3.8, 4) is 11.5 Å². The van der Waals surface area contributed by atoms with Crippen LogP contribution in [0.25, 0.3) is 0 Å². The fourth-order valence-electron chi connectivity index (χ4n) is 2.66. The van der Waals surface area contributed by atoms with Gasteiger partial charge < -0.3 is 14.2 Å². The van der Waals surface area contributed by atoms with Gasteiger partial charge in [0.05, 0.1) is 13.2 Å². The minimum Gasteiger partial charge on any atom is -0.490 e. The Hall–Kier alpha value is -2.49. The van der Waals surface area contributed by atoms with E-state index in [1.807, 2.05) is 56.3 Å². The van der Waals surface area contributed by atoms with E-state index < -0.39 is 0 Å². The van der Waals surface area contributed by atoms with Crippen molar-refractivity contribution in [3.05, 3.63) is 59.7 Å². The van der Waals surface area contributed by atoms with Gasteiger partial charge in [0.2, 0.25) is 0 Å². The molecule has 140 valence electrons. The first-order valence-corrected chi connectivity index (χ1v) is 9.31. The van der Waals surface area contributed by atoms with Crippen molar-refractivity contribution >= 4 is 5.97 Å². The molecule has 0 aliphatic carbocycles. The summed E-state index contributed by atoms with van der Waals surface area (Å²) in [5, 5.41) is 0. The van der Waals surface area contributed by atoms with E-state index in [9.17, 15) is 4.79 Å². The molecule has 0 saturated carbocycles. The van der Waals surface area contributed by atoms with Gasteiger partial charge in [-0.1, -0.05) is 36.4 Å². The number of carbonyl (C=O) groups is 1. The topological polar surface area (TPSA) is 44.8 Å². The SMILES string of the molecule is CCOC(=O)CCCCc1ccc(OCc2ccccc2)c(OCC)c1. The summed E-state index contributed by atoms with van der Waals surface area (Å²) in [6.45, 7) is 5.34. The van der Waals surface area contributed by atoms with Crippen LogP contribution in [0.15, 0.2) is 48.5 Å². The summed E-state index contributed by atoms with van der Waals surface area (Å²) in [5.41, 5.74) is 2.31. The number of unbranched alkanes of at least 4 members (excludes halogenated alkanes) is 1. The Kier molecular flexibility index (Phi) is 8.53. The highest BCUT2D eigenvalue weighted by Gasteiger charge is 2.08. The Morgan fingerprint density at radius 1 is 0.846 bits per heavy atom. The Labute approximate surface area is 156 Å². The van der Waals surface area contributed by atoms with E-state index in [0.29, 0.717) is 26.2 Å². The molecule has 4 heteroatoms. The molecule has 0 atom stereocenters. The Morgan fingerprint density at radius 3 is 2.38 bits per heavy atom. The number of ether oxygens (including phenoxy) is 3. The highest BCUT2D eigenvalue weighted by Crippen LogP contribution is 2.30. The number of hydrogen-bond acceptors (Lipinski definition) is 4. The van der Waals surface area contributed by atoms with Crippen LogP contribution in [-0.2, 0) is 22.6 Å². The van der Waals surface area contributed by atoms with Crippen LogP contribution in [0.3, 0.4) is 0 Å². The second-order valence-corrected chi connectivity index (χ2v) is 6.00. The minimum absolute atomic E-state index is 0.118. The zero-order valence-electron chi connectivity index (χ0n) is 15.7. The van der Waals surface area contributed by atoms with Crippen molar-refractivity contribution in [2.45, 2.75) is 46.1 Å². The highest BCUT2D eigenvalue weighted by atomic mass is 16.5. The van der Waals surface area contributed by atoms with Crippen LogP contribution in [-0.4, -0.2) is 19.2 Å². The third kappa shape index (κ3) is 6.79. The van der Waals surface area contributed by atoms with Crippen LogP contribution in [0.2, 0.25) is 0 Å². The average molecular weight is 356 g/mol. The molecule has 0 N–H and O–H groups in total. The van der Waals surface area contributed by atoms with Gasteiger partial charge in [0, 0.05) is 6.42 Å². The quantitative estimate of drug-likeness (QED) is 0.422. The summed E-state index contributed by atoms with van der Waals surface area (Å²) in [7, 11) is 0. The first-order chi connectivity index (χ1) is 12.7. The van der Waals surface area contributed by atoms with Crippen molar-refractivity contribution in [1.29, 1.82) is 0 Å². The lowest BCUT2D eigenvalue weighted by Crippen LogP contribution is -2.03. The maximum atomic E-state index is 11.4. The lowest BCUT2D eigenvalue weighted by atomic mass is 10.1. The number of aryl methyl sites for hydroxylation is 1. The normalized spacial score (nSPS) is 10.4. The van der Waals surface area contributed by atoms with E-state index in [4.69, 9.17) is 14.2 Å². The Morgan fingerprint density at radius 2 is 1.65 bits per heavy atom. The predicted molar refractivity (Wildman–Crippen MR) is 103 cm³/mol. The largest absolute Gasteiger partial charge is 0.490 e. The van der Waals surface area contributed by atoms with Crippen molar-refractivity contribution in [3.63, 3.8) is 0 Å². The zero-order valence-corrected chi connectivity index (χ0v) is 15.7. The van der Waals surface area contributed by atoms with Gasteiger partial charge in [-0.05, 0) is 56.4 Å². The van der Waals surface area contributed by atoms with E-state index in [1.54, 1.807) is 0 Å². The van der Waals surface area contributed by atoms with Gasteiger partial charge in [0.15, 0.2) is 11.5 Å². The highest BCUT2D eigenvalue weighted by molar-refractivity contribution is 5.69. The summed E-state index contributed by atoms with van der Waals surface area (Å²) < 4.78 is 16.6. The predicted octanol–water partition coefficient (Wildman–Crippen LogP) is 4.94. The molecule has 0 bridgehead atoms. The van der Waals surface area contributed by atoms with Gasteiger partial charge in [-0.25, -0.2) is 0 Å². The summed E-state index contributed by atoms with van der Waals surface area (Å²) in [5.74, 6) is 1.41. The van der Waals surface area contributed by atoms with Crippen LogP contribution in [0.5, 0.6) is 11.5 Å². The number of benzene rings is 2. The molecule has 0 spiro atoms. The Balaban J connectivity index is 1.89. The molecule has 0 aromatic heterocycles. The van der Waals surface area contributed by atoms with E-state index in [1.165, 1.54) is 5.56 Å². The lowest BCUT2D eigenvalue weighted by Gasteiger charge is -2.13. The first-order valence-electron chi connectivity index (χ1n) is 9.31. The molecule has 2 rings (SSSR count). The van der Waals surface area contributed by atoms with Gasteiger partial charge >= 0.3 is 5.97 Å². The lowest BCUT2D eigenvalue weighted by molar-refractivity contribution is -0.143. The van der Waals surface area contributed by atoms with Gasteiger partial charge in [-0.3, -0.25) is 4.79 Å². The minimum atomic E-state index is -0.118. The summed E-state index contributed by atoms with van der Waals surface area (Å²) in [6.07, 6.45) is 3.15. The van der Waals surface area contributed by atoms with E-state index in [0.717, 1.165) is 36.3 Å². The fourth-order valence-corrected chi connectivity index (χ4v) is 2.66. The van der Waals surface area contributed by atoms with E-state index in [-0.39, 0.29) is 5.97 Å². The number of esters is 1. The number of carbonyl (C=O) groups excluding carboxylic acids is 1. The molecular weight excluding hydrogens is 328 g/mol. The third-order valence-corrected chi connectivity index (χ3v) is 3.95. The molecule has 4 nitrogen and oxygen atoms in total.